The van der Waals surface area contributed by atoms with E-state index in [1.54, 1.807) is 25.1 Å². The van der Waals surface area contributed by atoms with Gasteiger partial charge < -0.3 is 5.32 Å². The van der Waals surface area contributed by atoms with Crippen LogP contribution in [0.2, 0.25) is 5.02 Å². The summed E-state index contributed by atoms with van der Waals surface area (Å²) < 4.78 is 27.7. The first-order valence-corrected chi connectivity index (χ1v) is 10.8. The fourth-order valence-corrected chi connectivity index (χ4v) is 4.14. The topological polar surface area (TPSA) is 75.3 Å². The van der Waals surface area contributed by atoms with Crippen LogP contribution in [0.1, 0.15) is 27.0 Å². The van der Waals surface area contributed by atoms with Crippen molar-refractivity contribution in [3.05, 3.63) is 87.9 Å². The van der Waals surface area contributed by atoms with Gasteiger partial charge in [0.2, 0.25) is 0 Å². The molecule has 3 aromatic rings. The van der Waals surface area contributed by atoms with Gasteiger partial charge in [0.1, 0.15) is 0 Å². The maximum atomic E-state index is 12.6. The molecular weight excluding hydrogens is 408 g/mol. The van der Waals surface area contributed by atoms with E-state index in [-0.39, 0.29) is 10.8 Å². The second-order valence-electron chi connectivity index (χ2n) is 6.86. The van der Waals surface area contributed by atoms with Crippen LogP contribution in [0.5, 0.6) is 0 Å². The molecular formula is C22H21ClN2O3S. The zero-order chi connectivity index (χ0) is 21.2. The van der Waals surface area contributed by atoms with Gasteiger partial charge in [-0.25, -0.2) is 8.42 Å². The molecule has 0 aliphatic heterocycles. The maximum absolute atomic E-state index is 12.6. The van der Waals surface area contributed by atoms with Crippen LogP contribution in [-0.4, -0.2) is 14.3 Å². The van der Waals surface area contributed by atoms with E-state index in [1.807, 2.05) is 32.0 Å². The third-order valence-electron chi connectivity index (χ3n) is 4.49. The van der Waals surface area contributed by atoms with Crippen LogP contribution in [-0.2, 0) is 10.0 Å². The van der Waals surface area contributed by atoms with Gasteiger partial charge in [-0.15, -0.1) is 0 Å². The molecule has 0 aliphatic carbocycles. The highest BCUT2D eigenvalue weighted by molar-refractivity contribution is 7.92. The first-order valence-electron chi connectivity index (χ1n) is 8.93. The van der Waals surface area contributed by atoms with Crippen molar-refractivity contribution >= 4 is 38.9 Å². The number of rotatable bonds is 5. The number of sulfonamides is 1. The van der Waals surface area contributed by atoms with Gasteiger partial charge in [-0.3, -0.25) is 9.52 Å². The predicted octanol–water partition coefficient (Wildman–Crippen LogP) is 5.32. The van der Waals surface area contributed by atoms with Gasteiger partial charge in [0.25, 0.3) is 15.9 Å². The molecule has 0 saturated carbocycles. The first kappa shape index (κ1) is 20.9. The molecule has 0 heterocycles. The average Bonchev–Trinajstić information content (AvgIpc) is 2.66. The third-order valence-corrected chi connectivity index (χ3v) is 6.12. The number of halogens is 1. The highest BCUT2D eigenvalue weighted by Gasteiger charge is 2.16. The van der Waals surface area contributed by atoms with Crippen molar-refractivity contribution in [2.45, 2.75) is 25.7 Å². The minimum Gasteiger partial charge on any atom is -0.322 e. The molecule has 7 heteroatoms. The molecule has 2 N–H and O–H groups in total. The van der Waals surface area contributed by atoms with Crippen LogP contribution in [0.3, 0.4) is 0 Å². The van der Waals surface area contributed by atoms with E-state index in [0.29, 0.717) is 21.8 Å². The van der Waals surface area contributed by atoms with Crippen LogP contribution in [0, 0.1) is 20.8 Å². The van der Waals surface area contributed by atoms with Crippen LogP contribution in [0.15, 0.2) is 65.6 Å². The molecule has 3 rings (SSSR count). The summed E-state index contributed by atoms with van der Waals surface area (Å²) in [5, 5.41) is 3.35. The molecule has 0 unspecified atom stereocenters. The lowest BCUT2D eigenvalue weighted by molar-refractivity contribution is 0.102. The summed E-state index contributed by atoms with van der Waals surface area (Å²) >= 11 is 5.82. The second-order valence-corrected chi connectivity index (χ2v) is 8.98. The number of carbonyl (C=O) groups excluding carboxylic acids is 1. The average molecular weight is 429 g/mol. The van der Waals surface area contributed by atoms with Crippen LogP contribution < -0.4 is 10.0 Å². The number of hydrogen-bond donors (Lipinski definition) is 2. The number of hydrogen-bond acceptors (Lipinski definition) is 3. The summed E-state index contributed by atoms with van der Waals surface area (Å²) in [6, 6.07) is 16.5. The zero-order valence-electron chi connectivity index (χ0n) is 16.3. The first-order chi connectivity index (χ1) is 13.7. The monoisotopic (exact) mass is 428 g/mol. The van der Waals surface area contributed by atoms with Crippen molar-refractivity contribution in [1.29, 1.82) is 0 Å². The smallest absolute Gasteiger partial charge is 0.261 e. The Kier molecular flexibility index (Phi) is 5.96. The quantitative estimate of drug-likeness (QED) is 0.577. The highest BCUT2D eigenvalue weighted by Crippen LogP contribution is 2.23. The molecule has 1 amide bonds. The van der Waals surface area contributed by atoms with Crippen molar-refractivity contribution < 1.29 is 13.2 Å². The summed E-state index contributed by atoms with van der Waals surface area (Å²) in [5.74, 6) is -0.257. The Balaban J connectivity index is 1.79. The van der Waals surface area contributed by atoms with E-state index in [1.165, 1.54) is 24.3 Å². The number of aryl methyl sites for hydroxylation is 3. The van der Waals surface area contributed by atoms with Gasteiger partial charge in [-0.05, 0) is 80.4 Å². The number of nitrogens with one attached hydrogen (secondary N) is 2. The van der Waals surface area contributed by atoms with E-state index in [0.717, 1.165) is 16.8 Å². The van der Waals surface area contributed by atoms with Crippen molar-refractivity contribution in [2.75, 3.05) is 10.0 Å². The largest absolute Gasteiger partial charge is 0.322 e. The summed E-state index contributed by atoms with van der Waals surface area (Å²) in [5.41, 5.74) is 4.32. The fraction of sp³-hybridized carbons (Fsp3) is 0.136. The van der Waals surface area contributed by atoms with Crippen LogP contribution in [0.25, 0.3) is 0 Å². The lowest BCUT2D eigenvalue weighted by Crippen LogP contribution is -2.15. The molecule has 29 heavy (non-hydrogen) atoms. The summed E-state index contributed by atoms with van der Waals surface area (Å²) in [6.45, 7) is 5.67. The van der Waals surface area contributed by atoms with Gasteiger partial charge >= 0.3 is 0 Å². The second kappa shape index (κ2) is 8.27. The Morgan fingerprint density at radius 2 is 1.45 bits per heavy atom. The summed E-state index contributed by atoms with van der Waals surface area (Å²) in [7, 11) is -3.75. The third kappa shape index (κ3) is 4.96. The van der Waals surface area contributed by atoms with Gasteiger partial charge in [0.15, 0.2) is 0 Å². The fourth-order valence-electron chi connectivity index (χ4n) is 2.89. The van der Waals surface area contributed by atoms with Gasteiger partial charge in [-0.2, -0.15) is 0 Å². The minimum atomic E-state index is -3.75. The Morgan fingerprint density at radius 3 is 2.07 bits per heavy atom. The predicted molar refractivity (Wildman–Crippen MR) is 117 cm³/mol. The molecule has 0 spiro atoms. The Labute approximate surface area is 175 Å². The van der Waals surface area contributed by atoms with Crippen LogP contribution in [0.4, 0.5) is 11.4 Å². The zero-order valence-corrected chi connectivity index (χ0v) is 17.9. The Morgan fingerprint density at radius 1 is 0.828 bits per heavy atom. The molecule has 3 aromatic carbocycles. The lowest BCUT2D eigenvalue weighted by atomic mass is 10.1. The minimum absolute atomic E-state index is 0.109. The molecule has 0 atom stereocenters. The van der Waals surface area contributed by atoms with Gasteiger partial charge in [0, 0.05) is 16.3 Å². The summed E-state index contributed by atoms with van der Waals surface area (Å²) in [4.78, 5) is 12.7. The van der Waals surface area contributed by atoms with E-state index < -0.39 is 10.0 Å². The van der Waals surface area contributed by atoms with E-state index in [2.05, 4.69) is 10.0 Å². The Bertz CT molecular complexity index is 1170. The standard InChI is InChI=1S/C22H21ClN2O3S/c1-14-4-10-20(15(2)12-14)24-22(26)17-5-11-21(16(3)13-17)25-29(27,28)19-8-6-18(23)7-9-19/h4-13,25H,1-3H3,(H,24,26). The Hall–Kier alpha value is -2.83. The SMILES string of the molecule is Cc1ccc(NC(=O)c2ccc(NS(=O)(=O)c3ccc(Cl)cc3)c(C)c2)c(C)c1. The van der Waals surface area contributed by atoms with E-state index in [9.17, 15) is 13.2 Å². The van der Waals surface area contributed by atoms with Crippen molar-refractivity contribution in [3.63, 3.8) is 0 Å². The highest BCUT2D eigenvalue weighted by atomic mass is 35.5. The molecule has 0 aromatic heterocycles. The normalized spacial score (nSPS) is 11.2. The van der Waals surface area contributed by atoms with Gasteiger partial charge in [0.05, 0.1) is 10.6 Å². The van der Waals surface area contributed by atoms with Crippen molar-refractivity contribution in [1.82, 2.24) is 0 Å². The molecule has 0 aliphatic rings. The lowest BCUT2D eigenvalue weighted by Gasteiger charge is -2.13. The number of anilines is 2. The van der Waals surface area contributed by atoms with Crippen LogP contribution >= 0.6 is 11.6 Å². The number of amides is 1. The van der Waals surface area contributed by atoms with Gasteiger partial charge in [-0.1, -0.05) is 29.3 Å². The summed E-state index contributed by atoms with van der Waals surface area (Å²) in [6.07, 6.45) is 0. The molecule has 5 nitrogen and oxygen atoms in total. The molecule has 0 fully saturated rings. The molecule has 0 radical (unpaired) electrons. The molecule has 0 saturated heterocycles. The van der Waals surface area contributed by atoms with Crippen molar-refractivity contribution in [3.8, 4) is 0 Å². The molecule has 0 bridgehead atoms. The number of benzene rings is 3. The maximum Gasteiger partial charge on any atom is 0.261 e. The number of carbonyl (C=O) groups is 1. The van der Waals surface area contributed by atoms with E-state index in [4.69, 9.17) is 11.6 Å². The van der Waals surface area contributed by atoms with E-state index >= 15 is 0 Å². The van der Waals surface area contributed by atoms with Crippen molar-refractivity contribution in [2.24, 2.45) is 0 Å². The molecule has 150 valence electrons.